The molecule has 0 heterocycles. The van der Waals surface area contributed by atoms with Crippen molar-refractivity contribution < 1.29 is 19.1 Å². The molecule has 1 aliphatic carbocycles. The van der Waals surface area contributed by atoms with Crippen LogP contribution in [0.3, 0.4) is 0 Å². The Morgan fingerprint density at radius 2 is 1.52 bits per heavy atom. The van der Waals surface area contributed by atoms with Gasteiger partial charge in [-0.2, -0.15) is 0 Å². The Morgan fingerprint density at radius 1 is 0.862 bits per heavy atom. The summed E-state index contributed by atoms with van der Waals surface area (Å²) in [5, 5.41) is 2.89. The van der Waals surface area contributed by atoms with Crippen LogP contribution in [-0.2, 0) is 9.53 Å². The first kappa shape index (κ1) is 18.6. The molecule has 5 nitrogen and oxygen atoms in total. The van der Waals surface area contributed by atoms with Crippen molar-refractivity contribution in [3.63, 3.8) is 0 Å². The Balaban J connectivity index is 1.61. The van der Waals surface area contributed by atoms with Gasteiger partial charge in [0.25, 0.3) is 5.91 Å². The molecule has 0 saturated heterocycles. The molecule has 0 saturated carbocycles. The first-order valence-electron chi connectivity index (χ1n) is 9.29. The Hall–Kier alpha value is -3.73. The summed E-state index contributed by atoms with van der Waals surface area (Å²) in [6.07, 6.45) is 0.0154. The van der Waals surface area contributed by atoms with E-state index in [0.717, 1.165) is 16.7 Å². The third-order valence-electron chi connectivity index (χ3n) is 5.09. The highest BCUT2D eigenvalue weighted by Gasteiger charge is 2.27. The summed E-state index contributed by atoms with van der Waals surface area (Å²) in [6.45, 7) is 0. The van der Waals surface area contributed by atoms with Gasteiger partial charge in [0.05, 0.1) is 19.6 Å². The number of hydrogen-bond donors (Lipinski definition) is 1. The monoisotopic (exact) mass is 385 g/mol. The maximum Gasteiger partial charge on any atom is 0.307 e. The van der Waals surface area contributed by atoms with Crippen LogP contribution in [0.4, 0.5) is 0 Å². The maximum absolute atomic E-state index is 12.9. The molecule has 4 rings (SSSR count). The highest BCUT2D eigenvalue weighted by atomic mass is 16.5. The van der Waals surface area contributed by atoms with Gasteiger partial charge in [0.2, 0.25) is 0 Å². The Morgan fingerprint density at radius 3 is 2.24 bits per heavy atom. The SMILES string of the molecule is COC(=O)C[C@@H](NC(=O)c1ccc2c(c1)C(=O)c1ccccc1-2)c1ccccc1. The van der Waals surface area contributed by atoms with Gasteiger partial charge in [0, 0.05) is 16.7 Å². The first-order valence-corrected chi connectivity index (χ1v) is 9.29. The quantitative estimate of drug-likeness (QED) is 0.528. The second-order valence-electron chi connectivity index (χ2n) is 6.85. The van der Waals surface area contributed by atoms with Gasteiger partial charge in [0.1, 0.15) is 0 Å². The van der Waals surface area contributed by atoms with Crippen LogP contribution in [0.25, 0.3) is 11.1 Å². The molecule has 5 heteroatoms. The molecule has 0 fully saturated rings. The van der Waals surface area contributed by atoms with Gasteiger partial charge in [-0.05, 0) is 28.8 Å². The Bertz CT molecular complexity index is 1100. The summed E-state index contributed by atoms with van der Waals surface area (Å²) in [5.41, 5.74) is 4.05. The van der Waals surface area contributed by atoms with E-state index in [4.69, 9.17) is 4.74 Å². The standard InChI is InChI=1S/C24H19NO4/c1-29-22(26)14-21(15-7-3-2-4-8-15)25-24(28)16-11-12-18-17-9-5-6-10-19(17)23(27)20(18)13-16/h2-13,21H,14H2,1H3,(H,25,28)/t21-/m1/s1. The van der Waals surface area contributed by atoms with Crippen molar-refractivity contribution in [2.24, 2.45) is 0 Å². The second kappa shape index (κ2) is 7.72. The van der Waals surface area contributed by atoms with E-state index in [1.54, 1.807) is 24.3 Å². The summed E-state index contributed by atoms with van der Waals surface area (Å²) < 4.78 is 4.76. The van der Waals surface area contributed by atoms with Crippen LogP contribution in [0.1, 0.15) is 44.3 Å². The fourth-order valence-corrected chi connectivity index (χ4v) is 3.60. The summed E-state index contributed by atoms with van der Waals surface area (Å²) in [4.78, 5) is 37.4. The molecule has 1 aliphatic rings. The van der Waals surface area contributed by atoms with E-state index in [2.05, 4.69) is 5.32 Å². The topological polar surface area (TPSA) is 72.5 Å². The average molecular weight is 385 g/mol. The average Bonchev–Trinajstić information content (AvgIpc) is 3.05. The van der Waals surface area contributed by atoms with Crippen LogP contribution < -0.4 is 5.32 Å². The van der Waals surface area contributed by atoms with Crippen molar-refractivity contribution in [3.05, 3.63) is 95.1 Å². The number of ether oxygens (including phenoxy) is 1. The van der Waals surface area contributed by atoms with E-state index < -0.39 is 12.0 Å². The summed E-state index contributed by atoms with van der Waals surface area (Å²) >= 11 is 0. The molecule has 3 aromatic carbocycles. The molecular weight excluding hydrogens is 366 g/mol. The molecule has 0 aromatic heterocycles. The van der Waals surface area contributed by atoms with Gasteiger partial charge in [-0.15, -0.1) is 0 Å². The van der Waals surface area contributed by atoms with Gasteiger partial charge in [-0.25, -0.2) is 0 Å². The van der Waals surface area contributed by atoms with E-state index in [9.17, 15) is 14.4 Å². The van der Waals surface area contributed by atoms with Crippen LogP contribution >= 0.6 is 0 Å². The third kappa shape index (κ3) is 3.55. The molecule has 0 unspecified atom stereocenters. The minimum Gasteiger partial charge on any atom is -0.469 e. The number of esters is 1. The van der Waals surface area contributed by atoms with E-state index in [1.807, 2.05) is 48.5 Å². The van der Waals surface area contributed by atoms with Crippen molar-refractivity contribution in [1.82, 2.24) is 5.32 Å². The third-order valence-corrected chi connectivity index (χ3v) is 5.09. The lowest BCUT2D eigenvalue weighted by atomic mass is 10.0. The van der Waals surface area contributed by atoms with Gasteiger partial charge >= 0.3 is 5.97 Å². The number of rotatable bonds is 5. The number of amides is 1. The van der Waals surface area contributed by atoms with E-state index in [1.165, 1.54) is 7.11 Å². The highest BCUT2D eigenvalue weighted by molar-refractivity contribution is 6.22. The number of benzene rings is 3. The summed E-state index contributed by atoms with van der Waals surface area (Å²) in [6, 6.07) is 21.2. The zero-order valence-corrected chi connectivity index (χ0v) is 15.8. The summed E-state index contributed by atoms with van der Waals surface area (Å²) in [5.74, 6) is -0.854. The number of nitrogens with one attached hydrogen (secondary N) is 1. The van der Waals surface area contributed by atoms with Crippen molar-refractivity contribution in [2.45, 2.75) is 12.5 Å². The number of ketones is 1. The molecule has 1 N–H and O–H groups in total. The number of fused-ring (bicyclic) bond motifs is 3. The van der Waals surface area contributed by atoms with Crippen LogP contribution in [-0.4, -0.2) is 24.8 Å². The lowest BCUT2D eigenvalue weighted by molar-refractivity contribution is -0.141. The van der Waals surface area contributed by atoms with E-state index in [0.29, 0.717) is 16.7 Å². The molecular formula is C24H19NO4. The van der Waals surface area contributed by atoms with E-state index in [-0.39, 0.29) is 18.1 Å². The number of carbonyl (C=O) groups is 3. The van der Waals surface area contributed by atoms with Gasteiger partial charge in [0.15, 0.2) is 5.78 Å². The molecule has 1 amide bonds. The van der Waals surface area contributed by atoms with Gasteiger partial charge in [-0.1, -0.05) is 60.7 Å². The van der Waals surface area contributed by atoms with Gasteiger partial charge in [-0.3, -0.25) is 14.4 Å². The number of hydrogen-bond acceptors (Lipinski definition) is 4. The smallest absolute Gasteiger partial charge is 0.307 e. The van der Waals surface area contributed by atoms with Crippen LogP contribution in [0.2, 0.25) is 0 Å². The number of carbonyl (C=O) groups excluding carboxylic acids is 3. The predicted molar refractivity (Wildman–Crippen MR) is 109 cm³/mol. The fraction of sp³-hybridized carbons (Fsp3) is 0.125. The lowest BCUT2D eigenvalue weighted by Gasteiger charge is -2.18. The molecule has 1 atom stereocenters. The molecule has 0 bridgehead atoms. The van der Waals surface area contributed by atoms with Crippen molar-refractivity contribution in [1.29, 1.82) is 0 Å². The normalized spacial score (nSPS) is 12.7. The van der Waals surface area contributed by atoms with Crippen molar-refractivity contribution >= 4 is 17.7 Å². The van der Waals surface area contributed by atoms with Crippen LogP contribution in [0, 0.1) is 0 Å². The minimum atomic E-state index is -0.530. The van der Waals surface area contributed by atoms with E-state index >= 15 is 0 Å². The van der Waals surface area contributed by atoms with Gasteiger partial charge < -0.3 is 10.1 Å². The first-order chi connectivity index (χ1) is 14.1. The zero-order valence-electron chi connectivity index (χ0n) is 15.8. The molecule has 144 valence electrons. The zero-order chi connectivity index (χ0) is 20.4. The molecule has 29 heavy (non-hydrogen) atoms. The number of methoxy groups -OCH3 is 1. The Kier molecular flexibility index (Phi) is 4.96. The lowest BCUT2D eigenvalue weighted by Crippen LogP contribution is -2.30. The molecule has 3 aromatic rings. The van der Waals surface area contributed by atoms with Crippen molar-refractivity contribution in [3.8, 4) is 11.1 Å². The fourth-order valence-electron chi connectivity index (χ4n) is 3.60. The summed E-state index contributed by atoms with van der Waals surface area (Å²) in [7, 11) is 1.32. The molecule has 0 radical (unpaired) electrons. The Labute approximate surface area is 168 Å². The largest absolute Gasteiger partial charge is 0.469 e. The predicted octanol–water partition coefficient (Wildman–Crippen LogP) is 3.93. The molecule has 0 spiro atoms. The second-order valence-corrected chi connectivity index (χ2v) is 6.85. The van der Waals surface area contributed by atoms with Crippen molar-refractivity contribution in [2.75, 3.05) is 7.11 Å². The minimum absolute atomic E-state index is 0.0154. The van der Waals surface area contributed by atoms with Crippen LogP contribution in [0.15, 0.2) is 72.8 Å². The highest BCUT2D eigenvalue weighted by Crippen LogP contribution is 2.36. The maximum atomic E-state index is 12.9. The molecule has 0 aliphatic heterocycles. The van der Waals surface area contributed by atoms with Crippen LogP contribution in [0.5, 0.6) is 0 Å².